The molecular weight excluding hydrogens is 318 g/mol. The largest absolute Gasteiger partial charge is 0.462 e. The lowest BCUT2D eigenvalue weighted by Crippen LogP contribution is -2.41. The first-order chi connectivity index (χ1) is 12.2. The second kappa shape index (κ2) is 7.67. The molecule has 0 spiro atoms. The molecule has 1 aromatic heterocycles. The minimum atomic E-state index is -0.454. The normalized spacial score (nSPS) is 16.9. The van der Waals surface area contributed by atoms with E-state index in [1.807, 2.05) is 41.3 Å². The summed E-state index contributed by atoms with van der Waals surface area (Å²) in [5, 5.41) is 8.77. The SMILES string of the molecule is N#Cc1cc(C(=O)OC[C@@H]2CCCN(C(=O)c3ccccc3)C2)c[nH]1. The van der Waals surface area contributed by atoms with Gasteiger partial charge >= 0.3 is 5.97 Å². The fourth-order valence-electron chi connectivity index (χ4n) is 3.00. The molecule has 1 atom stereocenters. The quantitative estimate of drug-likeness (QED) is 0.869. The summed E-state index contributed by atoms with van der Waals surface area (Å²) in [6, 6.07) is 12.6. The van der Waals surface area contributed by atoms with Gasteiger partial charge in [-0.15, -0.1) is 0 Å². The van der Waals surface area contributed by atoms with Crippen molar-refractivity contribution in [1.82, 2.24) is 9.88 Å². The zero-order chi connectivity index (χ0) is 17.6. The average Bonchev–Trinajstić information content (AvgIpc) is 3.16. The van der Waals surface area contributed by atoms with Crippen LogP contribution in [0.1, 0.15) is 39.3 Å². The minimum Gasteiger partial charge on any atom is -0.462 e. The zero-order valence-electron chi connectivity index (χ0n) is 13.8. The zero-order valence-corrected chi connectivity index (χ0v) is 13.8. The Morgan fingerprint density at radius 1 is 1.28 bits per heavy atom. The predicted molar refractivity (Wildman–Crippen MR) is 90.9 cm³/mol. The molecule has 6 heteroatoms. The molecule has 1 saturated heterocycles. The summed E-state index contributed by atoms with van der Waals surface area (Å²) in [6.45, 7) is 1.57. The number of benzene rings is 1. The van der Waals surface area contributed by atoms with Crippen LogP contribution in [0.4, 0.5) is 0 Å². The van der Waals surface area contributed by atoms with E-state index in [2.05, 4.69) is 4.98 Å². The van der Waals surface area contributed by atoms with E-state index in [0.717, 1.165) is 19.4 Å². The van der Waals surface area contributed by atoms with Gasteiger partial charge < -0.3 is 14.6 Å². The first kappa shape index (κ1) is 16.8. The van der Waals surface area contributed by atoms with Gasteiger partial charge in [0.2, 0.25) is 0 Å². The topological polar surface area (TPSA) is 86.2 Å². The van der Waals surface area contributed by atoms with E-state index in [1.54, 1.807) is 0 Å². The number of hydrogen-bond donors (Lipinski definition) is 1. The average molecular weight is 337 g/mol. The summed E-state index contributed by atoms with van der Waals surface area (Å²) in [5.41, 5.74) is 1.34. The van der Waals surface area contributed by atoms with Crippen LogP contribution in [-0.2, 0) is 4.74 Å². The minimum absolute atomic E-state index is 0.0147. The molecule has 1 N–H and O–H groups in total. The molecule has 1 aromatic carbocycles. The number of likely N-dealkylation sites (tertiary alicyclic amines) is 1. The van der Waals surface area contributed by atoms with Crippen LogP contribution in [0, 0.1) is 17.2 Å². The van der Waals surface area contributed by atoms with Crippen LogP contribution in [0.3, 0.4) is 0 Å². The third-order valence-electron chi connectivity index (χ3n) is 4.32. The Kier molecular flexibility index (Phi) is 5.14. The van der Waals surface area contributed by atoms with Gasteiger partial charge in [0, 0.05) is 30.8 Å². The number of amides is 1. The lowest BCUT2D eigenvalue weighted by molar-refractivity contribution is 0.0342. The Balaban J connectivity index is 1.54. The molecule has 2 heterocycles. The molecule has 0 unspecified atom stereocenters. The van der Waals surface area contributed by atoms with Crippen molar-refractivity contribution < 1.29 is 14.3 Å². The van der Waals surface area contributed by atoms with Gasteiger partial charge in [-0.25, -0.2) is 4.79 Å². The number of nitriles is 1. The van der Waals surface area contributed by atoms with Crippen molar-refractivity contribution in [3.63, 3.8) is 0 Å². The molecule has 1 amide bonds. The Morgan fingerprint density at radius 3 is 2.80 bits per heavy atom. The molecule has 25 heavy (non-hydrogen) atoms. The van der Waals surface area contributed by atoms with Gasteiger partial charge in [-0.05, 0) is 31.0 Å². The van der Waals surface area contributed by atoms with Gasteiger partial charge in [-0.2, -0.15) is 5.26 Å². The Morgan fingerprint density at radius 2 is 2.08 bits per heavy atom. The molecular formula is C19H19N3O3. The number of aromatic nitrogens is 1. The highest BCUT2D eigenvalue weighted by molar-refractivity contribution is 5.94. The molecule has 1 aliphatic rings. The van der Waals surface area contributed by atoms with Crippen molar-refractivity contribution in [2.45, 2.75) is 12.8 Å². The number of piperidine rings is 1. The maximum atomic E-state index is 12.5. The van der Waals surface area contributed by atoms with Gasteiger partial charge in [-0.1, -0.05) is 18.2 Å². The fraction of sp³-hybridized carbons (Fsp3) is 0.316. The van der Waals surface area contributed by atoms with E-state index < -0.39 is 5.97 Å². The number of aromatic amines is 1. The number of hydrogen-bond acceptors (Lipinski definition) is 4. The van der Waals surface area contributed by atoms with Crippen LogP contribution in [-0.4, -0.2) is 41.5 Å². The Hall–Kier alpha value is -3.07. The predicted octanol–water partition coefficient (Wildman–Crippen LogP) is 2.60. The Labute approximate surface area is 146 Å². The number of H-pyrrole nitrogens is 1. The van der Waals surface area contributed by atoms with Crippen LogP contribution in [0.15, 0.2) is 42.6 Å². The maximum absolute atomic E-state index is 12.5. The van der Waals surface area contributed by atoms with Crippen LogP contribution in [0.2, 0.25) is 0 Å². The van der Waals surface area contributed by atoms with Crippen molar-refractivity contribution in [1.29, 1.82) is 5.26 Å². The molecule has 1 aliphatic heterocycles. The lowest BCUT2D eigenvalue weighted by atomic mass is 9.98. The number of esters is 1. The van der Waals surface area contributed by atoms with Crippen LogP contribution in [0.25, 0.3) is 0 Å². The molecule has 0 bridgehead atoms. The van der Waals surface area contributed by atoms with Crippen molar-refractivity contribution >= 4 is 11.9 Å². The second-order valence-electron chi connectivity index (χ2n) is 6.14. The van der Waals surface area contributed by atoms with Crippen LogP contribution in [0.5, 0.6) is 0 Å². The van der Waals surface area contributed by atoms with E-state index in [0.29, 0.717) is 23.4 Å². The van der Waals surface area contributed by atoms with Crippen molar-refractivity contribution in [3.8, 4) is 6.07 Å². The number of carbonyl (C=O) groups excluding carboxylic acids is 2. The first-order valence-corrected chi connectivity index (χ1v) is 8.27. The summed E-state index contributed by atoms with van der Waals surface area (Å²) >= 11 is 0. The van der Waals surface area contributed by atoms with Crippen LogP contribution >= 0.6 is 0 Å². The third kappa shape index (κ3) is 4.07. The van der Waals surface area contributed by atoms with Gasteiger partial charge in [0.25, 0.3) is 5.91 Å². The van der Waals surface area contributed by atoms with Gasteiger partial charge in [0.15, 0.2) is 0 Å². The summed E-state index contributed by atoms with van der Waals surface area (Å²) in [6.07, 6.45) is 3.28. The van der Waals surface area contributed by atoms with Crippen molar-refractivity contribution in [2.24, 2.45) is 5.92 Å². The second-order valence-corrected chi connectivity index (χ2v) is 6.14. The van der Waals surface area contributed by atoms with Gasteiger partial charge in [0.1, 0.15) is 11.8 Å². The number of nitrogens with one attached hydrogen (secondary N) is 1. The maximum Gasteiger partial charge on any atom is 0.339 e. The fourth-order valence-corrected chi connectivity index (χ4v) is 3.00. The van der Waals surface area contributed by atoms with E-state index in [9.17, 15) is 9.59 Å². The lowest BCUT2D eigenvalue weighted by Gasteiger charge is -2.32. The molecule has 0 aliphatic carbocycles. The number of carbonyl (C=O) groups is 2. The molecule has 6 nitrogen and oxygen atoms in total. The summed E-state index contributed by atoms with van der Waals surface area (Å²) in [4.78, 5) is 29.1. The molecule has 0 saturated carbocycles. The van der Waals surface area contributed by atoms with E-state index in [-0.39, 0.29) is 18.4 Å². The highest BCUT2D eigenvalue weighted by Crippen LogP contribution is 2.19. The van der Waals surface area contributed by atoms with Crippen LogP contribution < -0.4 is 0 Å². The van der Waals surface area contributed by atoms with E-state index in [1.165, 1.54) is 12.3 Å². The summed E-state index contributed by atoms with van der Waals surface area (Å²) in [5.74, 6) is -0.315. The van der Waals surface area contributed by atoms with Crippen molar-refractivity contribution in [2.75, 3.05) is 19.7 Å². The van der Waals surface area contributed by atoms with Gasteiger partial charge in [0.05, 0.1) is 12.2 Å². The smallest absolute Gasteiger partial charge is 0.339 e. The van der Waals surface area contributed by atoms with E-state index >= 15 is 0 Å². The first-order valence-electron chi connectivity index (χ1n) is 8.27. The van der Waals surface area contributed by atoms with E-state index in [4.69, 9.17) is 10.00 Å². The Bertz CT molecular complexity index is 792. The number of rotatable bonds is 4. The molecule has 0 radical (unpaired) electrons. The monoisotopic (exact) mass is 337 g/mol. The van der Waals surface area contributed by atoms with Crippen molar-refractivity contribution in [3.05, 3.63) is 59.4 Å². The molecule has 3 rings (SSSR count). The third-order valence-corrected chi connectivity index (χ3v) is 4.32. The molecule has 2 aromatic rings. The highest BCUT2D eigenvalue weighted by Gasteiger charge is 2.25. The standard InChI is InChI=1S/C19H19N3O3/c20-10-17-9-16(11-21-17)19(24)25-13-14-5-4-8-22(12-14)18(23)15-6-2-1-3-7-15/h1-3,6-7,9,11,14,21H,4-5,8,12-13H2/t14-/m1/s1. The van der Waals surface area contributed by atoms with Gasteiger partial charge in [-0.3, -0.25) is 4.79 Å². The summed E-state index contributed by atoms with van der Waals surface area (Å²) in [7, 11) is 0. The summed E-state index contributed by atoms with van der Waals surface area (Å²) < 4.78 is 5.35. The number of ether oxygens (including phenoxy) is 1. The molecule has 128 valence electrons. The number of nitrogens with zero attached hydrogens (tertiary/aromatic N) is 2. The molecule has 1 fully saturated rings. The highest BCUT2D eigenvalue weighted by atomic mass is 16.5.